The minimum absolute atomic E-state index is 0. The molecule has 2 rings (SSSR count). The molecule has 0 saturated carbocycles. The van der Waals surface area contributed by atoms with Crippen molar-refractivity contribution in [2.45, 2.75) is 19.4 Å². The molecule has 4 heteroatoms. The third-order valence-electron chi connectivity index (χ3n) is 2.94. The Balaban J connectivity index is 0.00000180. The molecule has 0 aliphatic rings. The van der Waals surface area contributed by atoms with Crippen molar-refractivity contribution < 1.29 is 4.79 Å². The second kappa shape index (κ2) is 7.12. The molecule has 102 valence electrons. The lowest BCUT2D eigenvalue weighted by Gasteiger charge is -2.08. The van der Waals surface area contributed by atoms with Crippen LogP contribution in [-0.2, 0) is 11.2 Å². The van der Waals surface area contributed by atoms with Gasteiger partial charge in [0.15, 0.2) is 0 Å². The second-order valence-electron chi connectivity index (χ2n) is 4.51. The summed E-state index contributed by atoms with van der Waals surface area (Å²) in [5.41, 5.74) is 6.70. The minimum atomic E-state index is -0.443. The van der Waals surface area contributed by atoms with Gasteiger partial charge >= 0.3 is 0 Å². The van der Waals surface area contributed by atoms with Gasteiger partial charge < -0.3 is 11.1 Å². The van der Waals surface area contributed by atoms with E-state index in [1.165, 1.54) is 16.3 Å². The molecule has 1 amide bonds. The van der Waals surface area contributed by atoms with Gasteiger partial charge in [-0.1, -0.05) is 42.5 Å². The maximum absolute atomic E-state index is 11.3. The summed E-state index contributed by atoms with van der Waals surface area (Å²) in [7, 11) is 0. The molecule has 0 spiro atoms. The Morgan fingerprint density at radius 3 is 2.58 bits per heavy atom. The Bertz CT molecular complexity index is 555. The van der Waals surface area contributed by atoms with Crippen LogP contribution < -0.4 is 11.1 Å². The van der Waals surface area contributed by atoms with Crippen molar-refractivity contribution in [1.82, 2.24) is 5.32 Å². The summed E-state index contributed by atoms with van der Waals surface area (Å²) >= 11 is 0. The zero-order valence-corrected chi connectivity index (χ0v) is 11.7. The van der Waals surface area contributed by atoms with Gasteiger partial charge in [-0.2, -0.15) is 0 Å². The smallest absolute Gasteiger partial charge is 0.236 e. The van der Waals surface area contributed by atoms with Crippen LogP contribution in [0.25, 0.3) is 10.8 Å². The van der Waals surface area contributed by atoms with Gasteiger partial charge in [0, 0.05) is 6.54 Å². The molecule has 0 aliphatic heterocycles. The first kappa shape index (κ1) is 15.5. The van der Waals surface area contributed by atoms with Gasteiger partial charge in [-0.15, -0.1) is 12.4 Å². The lowest BCUT2D eigenvalue weighted by Crippen LogP contribution is -2.39. The number of benzene rings is 2. The molecule has 0 aliphatic carbocycles. The van der Waals surface area contributed by atoms with Crippen LogP contribution >= 0.6 is 12.4 Å². The largest absolute Gasteiger partial charge is 0.354 e. The molecular weight excluding hydrogens is 260 g/mol. The number of fused-ring (bicyclic) bond motifs is 1. The summed E-state index contributed by atoms with van der Waals surface area (Å²) in [6.07, 6.45) is 0.823. The monoisotopic (exact) mass is 278 g/mol. The molecule has 0 radical (unpaired) electrons. The average molecular weight is 279 g/mol. The Kier molecular flexibility index (Phi) is 5.80. The molecule has 19 heavy (non-hydrogen) atoms. The van der Waals surface area contributed by atoms with Crippen molar-refractivity contribution in [2.75, 3.05) is 6.54 Å². The highest BCUT2D eigenvalue weighted by atomic mass is 35.5. The maximum Gasteiger partial charge on any atom is 0.236 e. The van der Waals surface area contributed by atoms with Gasteiger partial charge in [-0.3, -0.25) is 4.79 Å². The van der Waals surface area contributed by atoms with Gasteiger partial charge in [0.25, 0.3) is 0 Å². The number of nitrogens with one attached hydrogen (secondary N) is 1. The van der Waals surface area contributed by atoms with Gasteiger partial charge in [0.2, 0.25) is 5.91 Å². The molecule has 3 N–H and O–H groups in total. The van der Waals surface area contributed by atoms with E-state index in [1.807, 2.05) is 12.1 Å². The summed E-state index contributed by atoms with van der Waals surface area (Å²) in [6, 6.07) is 14.2. The lowest BCUT2D eigenvalue weighted by atomic mass is 10.1. The Morgan fingerprint density at radius 1 is 1.21 bits per heavy atom. The topological polar surface area (TPSA) is 55.1 Å². The van der Waals surface area contributed by atoms with E-state index in [1.54, 1.807) is 6.92 Å². The zero-order chi connectivity index (χ0) is 13.0. The first-order valence-corrected chi connectivity index (χ1v) is 6.18. The van der Waals surface area contributed by atoms with E-state index >= 15 is 0 Å². The molecule has 0 aromatic heterocycles. The predicted molar refractivity (Wildman–Crippen MR) is 81.6 cm³/mol. The van der Waals surface area contributed by atoms with Crippen LogP contribution in [0.2, 0.25) is 0 Å². The predicted octanol–water partition coefficient (Wildman–Crippen LogP) is 2.27. The first-order chi connectivity index (χ1) is 8.66. The van der Waals surface area contributed by atoms with Gasteiger partial charge in [0.1, 0.15) is 0 Å². The van der Waals surface area contributed by atoms with Crippen LogP contribution in [0.1, 0.15) is 12.5 Å². The van der Waals surface area contributed by atoms with E-state index in [2.05, 4.69) is 35.6 Å². The van der Waals surface area contributed by atoms with Crippen molar-refractivity contribution in [3.05, 3.63) is 48.0 Å². The highest BCUT2D eigenvalue weighted by Crippen LogP contribution is 2.15. The van der Waals surface area contributed by atoms with Crippen molar-refractivity contribution >= 4 is 29.1 Å². The summed E-state index contributed by atoms with van der Waals surface area (Å²) in [4.78, 5) is 11.3. The van der Waals surface area contributed by atoms with E-state index in [0.29, 0.717) is 6.54 Å². The van der Waals surface area contributed by atoms with E-state index in [9.17, 15) is 4.79 Å². The highest BCUT2D eigenvalue weighted by Gasteiger charge is 2.05. The van der Waals surface area contributed by atoms with Gasteiger partial charge in [-0.05, 0) is 29.7 Å². The van der Waals surface area contributed by atoms with Crippen molar-refractivity contribution in [3.8, 4) is 0 Å². The molecular formula is C15H19ClN2O. The molecule has 0 bridgehead atoms. The Hall–Kier alpha value is -1.58. The molecule has 0 heterocycles. The van der Waals surface area contributed by atoms with Crippen molar-refractivity contribution in [2.24, 2.45) is 5.73 Å². The van der Waals surface area contributed by atoms with Crippen LogP contribution in [0.4, 0.5) is 0 Å². The quantitative estimate of drug-likeness (QED) is 0.901. The molecule has 0 saturated heterocycles. The maximum atomic E-state index is 11.3. The van der Waals surface area contributed by atoms with Crippen molar-refractivity contribution in [1.29, 1.82) is 0 Å². The second-order valence-corrected chi connectivity index (χ2v) is 4.51. The number of halogens is 1. The summed E-state index contributed by atoms with van der Waals surface area (Å²) in [5, 5.41) is 5.28. The van der Waals surface area contributed by atoms with Gasteiger partial charge in [0.05, 0.1) is 6.04 Å². The Morgan fingerprint density at radius 2 is 1.89 bits per heavy atom. The number of carbonyl (C=O) groups is 1. The fourth-order valence-corrected chi connectivity index (χ4v) is 1.89. The number of hydrogen-bond donors (Lipinski definition) is 2. The lowest BCUT2D eigenvalue weighted by molar-refractivity contribution is -0.121. The molecule has 3 nitrogen and oxygen atoms in total. The number of carbonyl (C=O) groups excluding carboxylic acids is 1. The minimum Gasteiger partial charge on any atom is -0.354 e. The van der Waals surface area contributed by atoms with Crippen LogP contribution in [0.15, 0.2) is 42.5 Å². The molecule has 0 fully saturated rings. The van der Waals surface area contributed by atoms with E-state index in [4.69, 9.17) is 5.73 Å². The highest BCUT2D eigenvalue weighted by molar-refractivity contribution is 5.85. The van der Waals surface area contributed by atoms with Crippen molar-refractivity contribution in [3.63, 3.8) is 0 Å². The first-order valence-electron chi connectivity index (χ1n) is 6.18. The number of hydrogen-bond acceptors (Lipinski definition) is 2. The molecule has 2 aromatic carbocycles. The molecule has 2 aromatic rings. The molecule has 0 unspecified atom stereocenters. The van der Waals surface area contributed by atoms with E-state index in [0.717, 1.165) is 6.42 Å². The number of rotatable bonds is 4. The third-order valence-corrected chi connectivity index (χ3v) is 2.94. The third kappa shape index (κ3) is 4.23. The number of nitrogens with two attached hydrogens (primary N) is 1. The summed E-state index contributed by atoms with van der Waals surface area (Å²) < 4.78 is 0. The normalized spacial score (nSPS) is 11.7. The fourth-order valence-electron chi connectivity index (χ4n) is 1.89. The standard InChI is InChI=1S/C15H18N2O.ClH/c1-11(16)15(18)17-9-8-12-6-7-13-4-2-3-5-14(13)10-12;/h2-7,10-11H,8-9,16H2,1H3,(H,17,18);1H/t11-;/m1./s1. The molecule has 1 atom stereocenters. The Labute approximate surface area is 119 Å². The summed E-state index contributed by atoms with van der Waals surface area (Å²) in [6.45, 7) is 2.31. The van der Waals surface area contributed by atoms with Gasteiger partial charge in [-0.25, -0.2) is 0 Å². The van der Waals surface area contributed by atoms with E-state index < -0.39 is 6.04 Å². The SMILES string of the molecule is C[C@@H](N)C(=O)NCCc1ccc2ccccc2c1.Cl. The zero-order valence-electron chi connectivity index (χ0n) is 10.9. The number of amides is 1. The van der Waals surface area contributed by atoms with Crippen LogP contribution in [-0.4, -0.2) is 18.5 Å². The van der Waals surface area contributed by atoms with Crippen LogP contribution in [0.3, 0.4) is 0 Å². The average Bonchev–Trinajstić information content (AvgIpc) is 2.38. The van der Waals surface area contributed by atoms with Crippen LogP contribution in [0, 0.1) is 0 Å². The van der Waals surface area contributed by atoms with E-state index in [-0.39, 0.29) is 18.3 Å². The fraction of sp³-hybridized carbons (Fsp3) is 0.267. The summed E-state index contributed by atoms with van der Waals surface area (Å²) in [5.74, 6) is -0.101. The van der Waals surface area contributed by atoms with Crippen LogP contribution in [0.5, 0.6) is 0 Å².